The number of quaternary nitrogens is 1. The van der Waals surface area contributed by atoms with E-state index in [9.17, 15) is 19.5 Å². The molecular formula is C11H19NO6. The Morgan fingerprint density at radius 1 is 1.28 bits per heavy atom. The van der Waals surface area contributed by atoms with Crippen LogP contribution in [0.2, 0.25) is 0 Å². The number of likely N-dealkylation sites (N-methyl/N-ethyl adjacent to an activating group) is 1. The first-order valence-corrected chi connectivity index (χ1v) is 4.93. The smallest absolute Gasteiger partial charge is 0.368 e. The summed E-state index contributed by atoms with van der Waals surface area (Å²) in [5.74, 6) is -3.29. The zero-order valence-corrected chi connectivity index (χ0v) is 11.2. The van der Waals surface area contributed by atoms with Crippen LogP contribution in [-0.4, -0.2) is 61.8 Å². The van der Waals surface area contributed by atoms with Crippen molar-refractivity contribution in [1.29, 1.82) is 0 Å². The summed E-state index contributed by atoms with van der Waals surface area (Å²) in [6, 6.07) is -1.50. The maximum atomic E-state index is 10.4. The Morgan fingerprint density at radius 3 is 1.67 bits per heavy atom. The van der Waals surface area contributed by atoms with Gasteiger partial charge in [-0.2, -0.15) is 0 Å². The second-order valence-corrected chi connectivity index (χ2v) is 4.45. The van der Waals surface area contributed by atoms with Crippen LogP contribution in [0, 0.1) is 0 Å². The summed E-state index contributed by atoms with van der Waals surface area (Å²) in [4.78, 5) is 30.8. The van der Waals surface area contributed by atoms with Gasteiger partial charge in [0.05, 0.1) is 28.3 Å². The molecule has 7 nitrogen and oxygen atoms in total. The van der Waals surface area contributed by atoms with Crippen molar-refractivity contribution in [3.05, 3.63) is 12.2 Å². The second-order valence-electron chi connectivity index (χ2n) is 4.45. The molecular weight excluding hydrogens is 242 g/mol. The Bertz CT molecular complexity index is 328. The fourth-order valence-corrected chi connectivity index (χ4v) is 0.923. The van der Waals surface area contributed by atoms with E-state index < -0.39 is 18.0 Å². The molecule has 0 fully saturated rings. The van der Waals surface area contributed by atoms with E-state index in [4.69, 9.17) is 5.11 Å². The van der Waals surface area contributed by atoms with Crippen LogP contribution in [0.1, 0.15) is 6.92 Å². The summed E-state index contributed by atoms with van der Waals surface area (Å²) in [5.41, 5.74) is 0.433. The average Bonchev–Trinajstić information content (AvgIpc) is 2.13. The van der Waals surface area contributed by atoms with Gasteiger partial charge in [-0.15, -0.1) is 0 Å². The van der Waals surface area contributed by atoms with Crippen LogP contribution in [0.5, 0.6) is 0 Å². The van der Waals surface area contributed by atoms with Crippen molar-refractivity contribution in [3.8, 4) is 0 Å². The topological polar surface area (TPSA) is 104 Å². The summed E-state index contributed by atoms with van der Waals surface area (Å²) in [6.45, 7) is 4.95. The molecule has 0 rings (SSSR count). The Labute approximate surface area is 106 Å². The van der Waals surface area contributed by atoms with Crippen LogP contribution in [0.4, 0.5) is 0 Å². The lowest BCUT2D eigenvalue weighted by Crippen LogP contribution is -2.58. The van der Waals surface area contributed by atoms with E-state index in [0.717, 1.165) is 0 Å². The number of hydrogen-bond acceptors (Lipinski definition) is 5. The van der Waals surface area contributed by atoms with E-state index in [2.05, 4.69) is 11.3 Å². The van der Waals surface area contributed by atoms with E-state index >= 15 is 0 Å². The third-order valence-corrected chi connectivity index (χ3v) is 1.77. The molecule has 104 valence electrons. The van der Waals surface area contributed by atoms with E-state index in [0.29, 0.717) is 5.57 Å². The Morgan fingerprint density at radius 2 is 1.67 bits per heavy atom. The molecule has 0 spiro atoms. The van der Waals surface area contributed by atoms with Crippen LogP contribution in [0.25, 0.3) is 0 Å². The molecule has 7 heteroatoms. The van der Waals surface area contributed by atoms with Gasteiger partial charge in [0.2, 0.25) is 6.04 Å². The maximum absolute atomic E-state index is 10.4. The predicted octanol–water partition coefficient (Wildman–Crippen LogP) is -1.37. The molecule has 0 aromatic rings. The van der Waals surface area contributed by atoms with Crippen LogP contribution >= 0.6 is 0 Å². The highest BCUT2D eigenvalue weighted by Crippen LogP contribution is 2.01. The zero-order valence-electron chi connectivity index (χ0n) is 11.2. The van der Waals surface area contributed by atoms with Gasteiger partial charge in [-0.05, 0) is 6.92 Å². The molecule has 1 unspecified atom stereocenters. The maximum Gasteiger partial charge on any atom is 0.368 e. The van der Waals surface area contributed by atoms with Crippen LogP contribution < -0.4 is 5.11 Å². The molecule has 0 aromatic carbocycles. The lowest BCUT2D eigenvalue weighted by molar-refractivity contribution is -0.880. The molecule has 0 aliphatic rings. The molecule has 0 aromatic heterocycles. The van der Waals surface area contributed by atoms with Gasteiger partial charge in [-0.1, -0.05) is 6.58 Å². The predicted molar refractivity (Wildman–Crippen MR) is 61.3 cm³/mol. The van der Waals surface area contributed by atoms with Gasteiger partial charge < -0.3 is 24.2 Å². The van der Waals surface area contributed by atoms with Gasteiger partial charge in [0, 0.05) is 5.57 Å². The minimum atomic E-state index is -1.56. The molecule has 1 N–H and O–H groups in total. The number of rotatable bonds is 4. The number of aliphatic carboxylic acids is 2. The Hall–Kier alpha value is -1.89. The Balaban J connectivity index is 0. The fourth-order valence-electron chi connectivity index (χ4n) is 0.923. The van der Waals surface area contributed by atoms with Gasteiger partial charge in [-0.25, -0.2) is 9.59 Å². The molecule has 18 heavy (non-hydrogen) atoms. The van der Waals surface area contributed by atoms with Gasteiger partial charge in [-0.3, -0.25) is 0 Å². The van der Waals surface area contributed by atoms with Gasteiger partial charge in [0.1, 0.15) is 5.97 Å². The number of esters is 1. The number of ether oxygens (including phenoxy) is 1. The van der Waals surface area contributed by atoms with Crippen molar-refractivity contribution >= 4 is 17.9 Å². The first kappa shape index (κ1) is 18.5. The fraction of sp³-hybridized carbons (Fsp3) is 0.545. The lowest BCUT2D eigenvalue weighted by atomic mass is 10.2. The highest BCUT2D eigenvalue weighted by atomic mass is 16.5. The minimum Gasteiger partial charge on any atom is -0.543 e. The van der Waals surface area contributed by atoms with Crippen LogP contribution in [0.3, 0.4) is 0 Å². The zero-order chi connectivity index (χ0) is 15.1. The highest BCUT2D eigenvalue weighted by Gasteiger charge is 2.32. The number of carbonyl (C=O) groups excluding carboxylic acids is 2. The average molecular weight is 261 g/mol. The van der Waals surface area contributed by atoms with Crippen molar-refractivity contribution in [2.24, 2.45) is 0 Å². The number of carboxylic acid groups (broad SMARTS) is 2. The standard InChI is InChI=1S/C6H11NO4.C5H8O2/c1-7(2,3)4(5(8)9)6(10)11;1-4(2)5(6)7-3/h4H,1-3H3,(H-,8,9,10,11);1H2,2-3H3. The van der Waals surface area contributed by atoms with Crippen molar-refractivity contribution in [1.82, 2.24) is 0 Å². The van der Waals surface area contributed by atoms with Gasteiger partial charge in [0.25, 0.3) is 0 Å². The summed E-state index contributed by atoms with van der Waals surface area (Å²) in [7, 11) is 5.77. The molecule has 0 saturated carbocycles. The Kier molecular flexibility index (Phi) is 7.63. The number of nitrogens with zero attached hydrogens (tertiary/aromatic N) is 1. The van der Waals surface area contributed by atoms with Crippen molar-refractivity contribution in [2.45, 2.75) is 13.0 Å². The lowest BCUT2D eigenvalue weighted by Gasteiger charge is -2.31. The monoisotopic (exact) mass is 261 g/mol. The molecule has 0 saturated heterocycles. The first-order valence-electron chi connectivity index (χ1n) is 4.93. The van der Waals surface area contributed by atoms with Crippen molar-refractivity contribution in [2.75, 3.05) is 28.3 Å². The van der Waals surface area contributed by atoms with E-state index in [1.54, 1.807) is 6.92 Å². The van der Waals surface area contributed by atoms with Crippen LogP contribution in [0.15, 0.2) is 12.2 Å². The third kappa shape index (κ3) is 7.39. The molecule has 0 heterocycles. The highest BCUT2D eigenvalue weighted by molar-refractivity contribution is 5.94. The number of carboxylic acids is 2. The summed E-state index contributed by atoms with van der Waals surface area (Å²) < 4.78 is 4.09. The number of methoxy groups -OCH3 is 1. The van der Waals surface area contributed by atoms with Gasteiger partial charge in [0.15, 0.2) is 0 Å². The minimum absolute atomic E-state index is 0.183. The summed E-state index contributed by atoms with van der Waals surface area (Å²) in [6.07, 6.45) is 0. The SMILES string of the molecule is C=C(C)C(=O)OC.C[N+](C)(C)C(C(=O)[O-])C(=O)O. The van der Waals surface area contributed by atoms with E-state index in [-0.39, 0.29) is 10.5 Å². The van der Waals surface area contributed by atoms with Crippen molar-refractivity contribution in [3.63, 3.8) is 0 Å². The summed E-state index contributed by atoms with van der Waals surface area (Å²) >= 11 is 0. The number of carbonyl (C=O) groups is 3. The molecule has 0 bridgehead atoms. The van der Waals surface area contributed by atoms with E-state index in [1.807, 2.05) is 0 Å². The van der Waals surface area contributed by atoms with Gasteiger partial charge >= 0.3 is 11.9 Å². The number of hydrogen-bond donors (Lipinski definition) is 1. The second kappa shape index (κ2) is 7.44. The molecule has 1 atom stereocenters. The quantitative estimate of drug-likeness (QED) is 0.290. The van der Waals surface area contributed by atoms with Crippen molar-refractivity contribution < 1.29 is 33.8 Å². The molecule has 0 amide bonds. The third-order valence-electron chi connectivity index (χ3n) is 1.77. The van der Waals surface area contributed by atoms with Crippen LogP contribution in [-0.2, 0) is 19.1 Å². The molecule has 0 aliphatic carbocycles. The normalized spacial score (nSPS) is 11.6. The van der Waals surface area contributed by atoms with E-state index in [1.165, 1.54) is 28.3 Å². The summed E-state index contributed by atoms with van der Waals surface area (Å²) in [5, 5.41) is 18.7. The largest absolute Gasteiger partial charge is 0.543 e. The molecule has 0 aliphatic heterocycles. The molecule has 0 radical (unpaired) electrons. The first-order chi connectivity index (χ1) is 7.95.